The zero-order valence-corrected chi connectivity index (χ0v) is 15.8. The molecule has 0 bridgehead atoms. The third kappa shape index (κ3) is 3.78. The Morgan fingerprint density at radius 3 is 2.74 bits per heavy atom. The molecule has 1 aliphatic heterocycles. The molecule has 1 saturated heterocycles. The largest absolute Gasteiger partial charge is 0.291 e. The van der Waals surface area contributed by atoms with Crippen LogP contribution in [-0.4, -0.2) is 26.0 Å². The molecule has 3 heterocycles. The Morgan fingerprint density at radius 2 is 1.96 bits per heavy atom. The number of aromatic nitrogens is 3. The van der Waals surface area contributed by atoms with E-state index in [1.807, 2.05) is 30.6 Å². The van der Waals surface area contributed by atoms with Crippen LogP contribution in [0.4, 0.5) is 4.39 Å². The summed E-state index contributed by atoms with van der Waals surface area (Å²) in [4.78, 5) is 11.9. The molecule has 5 heteroatoms. The van der Waals surface area contributed by atoms with Crippen LogP contribution in [-0.2, 0) is 6.54 Å². The molecule has 0 unspecified atom stereocenters. The normalized spacial score (nSPS) is 17.7. The number of benzene rings is 1. The van der Waals surface area contributed by atoms with Crippen LogP contribution in [0.1, 0.15) is 55.7 Å². The van der Waals surface area contributed by atoms with Crippen molar-refractivity contribution in [2.45, 2.75) is 45.2 Å². The summed E-state index contributed by atoms with van der Waals surface area (Å²) in [6.07, 6.45) is 6.06. The van der Waals surface area contributed by atoms with Crippen LogP contribution in [0.3, 0.4) is 0 Å². The maximum Gasteiger partial charge on any atom is 0.138 e. The number of imidazole rings is 1. The molecule has 1 fully saturated rings. The molecule has 2 aromatic heterocycles. The zero-order chi connectivity index (χ0) is 18.8. The molecule has 0 amide bonds. The maximum absolute atomic E-state index is 13.2. The van der Waals surface area contributed by atoms with Crippen molar-refractivity contribution in [1.29, 1.82) is 0 Å². The molecule has 1 atom stereocenters. The van der Waals surface area contributed by atoms with Crippen LogP contribution in [0, 0.1) is 5.82 Å². The van der Waals surface area contributed by atoms with E-state index in [1.165, 1.54) is 12.1 Å². The van der Waals surface area contributed by atoms with Crippen molar-refractivity contribution < 1.29 is 4.39 Å². The van der Waals surface area contributed by atoms with Gasteiger partial charge in [-0.15, -0.1) is 0 Å². The third-order valence-electron chi connectivity index (χ3n) is 5.19. The number of rotatable bonds is 5. The second kappa shape index (κ2) is 7.61. The number of likely N-dealkylation sites (tertiary alicyclic amines) is 1. The van der Waals surface area contributed by atoms with Crippen LogP contribution in [0.5, 0.6) is 0 Å². The Morgan fingerprint density at radius 1 is 1.15 bits per heavy atom. The first-order chi connectivity index (χ1) is 13.1. The summed E-state index contributed by atoms with van der Waals surface area (Å²) >= 11 is 0. The van der Waals surface area contributed by atoms with E-state index in [0.717, 1.165) is 48.8 Å². The first-order valence-electron chi connectivity index (χ1n) is 9.61. The number of nitrogens with zero attached hydrogens (tertiary/aromatic N) is 4. The average Bonchev–Trinajstić information content (AvgIpc) is 3.33. The standard InChI is InChI=1S/C22H25FN4/c1-16(2)22-24-12-14-27(22)21-7-3-5-19(25-21)20-6-4-13-26(20)15-17-8-10-18(23)11-9-17/h3,5,7-12,14,16,20H,4,6,13,15H2,1-2H3/t20-/m1/s1. The third-order valence-corrected chi connectivity index (χ3v) is 5.19. The molecule has 0 spiro atoms. The molecular weight excluding hydrogens is 339 g/mol. The van der Waals surface area contributed by atoms with Gasteiger partial charge in [-0.1, -0.05) is 32.0 Å². The molecule has 4 rings (SSSR count). The highest BCUT2D eigenvalue weighted by atomic mass is 19.1. The van der Waals surface area contributed by atoms with Crippen molar-refractivity contribution >= 4 is 0 Å². The van der Waals surface area contributed by atoms with E-state index in [2.05, 4.69) is 40.4 Å². The van der Waals surface area contributed by atoms with Gasteiger partial charge in [0.15, 0.2) is 0 Å². The van der Waals surface area contributed by atoms with Crippen molar-refractivity contribution in [2.75, 3.05) is 6.54 Å². The SMILES string of the molecule is CC(C)c1nccn1-c1cccc([C@H]2CCCN2Cc2ccc(F)cc2)n1. The summed E-state index contributed by atoms with van der Waals surface area (Å²) in [5.74, 6) is 2.09. The number of hydrogen-bond donors (Lipinski definition) is 0. The molecule has 0 aliphatic carbocycles. The lowest BCUT2D eigenvalue weighted by molar-refractivity contribution is 0.244. The Hall–Kier alpha value is -2.53. The van der Waals surface area contributed by atoms with Crippen molar-refractivity contribution in [1.82, 2.24) is 19.4 Å². The Labute approximate surface area is 159 Å². The second-order valence-electron chi connectivity index (χ2n) is 7.49. The molecule has 1 aromatic carbocycles. The summed E-state index contributed by atoms with van der Waals surface area (Å²) in [5, 5.41) is 0. The fraction of sp³-hybridized carbons (Fsp3) is 0.364. The van der Waals surface area contributed by atoms with E-state index >= 15 is 0 Å². The van der Waals surface area contributed by atoms with Crippen LogP contribution in [0.15, 0.2) is 54.9 Å². The Bertz CT molecular complexity index is 901. The van der Waals surface area contributed by atoms with Gasteiger partial charge in [-0.3, -0.25) is 9.47 Å². The van der Waals surface area contributed by atoms with Gasteiger partial charge in [-0.25, -0.2) is 14.4 Å². The van der Waals surface area contributed by atoms with E-state index in [9.17, 15) is 4.39 Å². The van der Waals surface area contributed by atoms with Crippen molar-refractivity contribution in [3.63, 3.8) is 0 Å². The minimum Gasteiger partial charge on any atom is -0.291 e. The topological polar surface area (TPSA) is 34.0 Å². The minimum atomic E-state index is -0.188. The smallest absolute Gasteiger partial charge is 0.138 e. The van der Waals surface area contributed by atoms with Crippen LogP contribution in [0.25, 0.3) is 5.82 Å². The summed E-state index contributed by atoms with van der Waals surface area (Å²) in [7, 11) is 0. The quantitative estimate of drug-likeness (QED) is 0.648. The molecule has 3 aromatic rings. The molecule has 4 nitrogen and oxygen atoms in total. The molecule has 0 saturated carbocycles. The fourth-order valence-electron chi connectivity index (χ4n) is 3.87. The van der Waals surface area contributed by atoms with E-state index < -0.39 is 0 Å². The van der Waals surface area contributed by atoms with Gasteiger partial charge < -0.3 is 0 Å². The molecular formula is C22H25FN4. The summed E-state index contributed by atoms with van der Waals surface area (Å²) in [6.45, 7) is 6.14. The highest BCUT2D eigenvalue weighted by molar-refractivity contribution is 5.29. The average molecular weight is 364 g/mol. The lowest BCUT2D eigenvalue weighted by Crippen LogP contribution is -2.23. The molecule has 27 heavy (non-hydrogen) atoms. The van der Waals surface area contributed by atoms with Crippen LogP contribution >= 0.6 is 0 Å². The van der Waals surface area contributed by atoms with E-state index in [-0.39, 0.29) is 5.82 Å². The van der Waals surface area contributed by atoms with Crippen molar-refractivity contribution in [3.8, 4) is 5.82 Å². The van der Waals surface area contributed by atoms with Crippen LogP contribution < -0.4 is 0 Å². The van der Waals surface area contributed by atoms with Gasteiger partial charge in [0, 0.05) is 24.9 Å². The number of pyridine rings is 1. The summed E-state index contributed by atoms with van der Waals surface area (Å²) in [5.41, 5.74) is 2.23. The minimum absolute atomic E-state index is 0.188. The van der Waals surface area contributed by atoms with Gasteiger partial charge in [0.1, 0.15) is 17.5 Å². The zero-order valence-electron chi connectivity index (χ0n) is 15.8. The van der Waals surface area contributed by atoms with Gasteiger partial charge in [0.05, 0.1) is 11.7 Å². The van der Waals surface area contributed by atoms with Crippen molar-refractivity contribution in [3.05, 3.63) is 77.8 Å². The molecule has 0 N–H and O–H groups in total. The van der Waals surface area contributed by atoms with Gasteiger partial charge in [0.2, 0.25) is 0 Å². The van der Waals surface area contributed by atoms with Gasteiger partial charge in [-0.2, -0.15) is 0 Å². The molecule has 1 aliphatic rings. The highest BCUT2D eigenvalue weighted by Crippen LogP contribution is 2.32. The summed E-state index contributed by atoms with van der Waals surface area (Å²) < 4.78 is 15.3. The second-order valence-corrected chi connectivity index (χ2v) is 7.49. The molecule has 140 valence electrons. The maximum atomic E-state index is 13.2. The van der Waals surface area contributed by atoms with Gasteiger partial charge in [0.25, 0.3) is 0 Å². The first-order valence-corrected chi connectivity index (χ1v) is 9.61. The van der Waals surface area contributed by atoms with Crippen LogP contribution in [0.2, 0.25) is 0 Å². The number of halogens is 1. The van der Waals surface area contributed by atoms with Gasteiger partial charge in [-0.05, 0) is 49.2 Å². The Balaban J connectivity index is 1.59. The van der Waals surface area contributed by atoms with E-state index in [1.54, 1.807) is 0 Å². The lowest BCUT2D eigenvalue weighted by atomic mass is 10.1. The van der Waals surface area contributed by atoms with Crippen molar-refractivity contribution in [2.24, 2.45) is 0 Å². The first kappa shape index (κ1) is 17.9. The van der Waals surface area contributed by atoms with E-state index in [0.29, 0.717) is 12.0 Å². The predicted octanol–water partition coefficient (Wildman–Crippen LogP) is 4.87. The number of hydrogen-bond acceptors (Lipinski definition) is 3. The lowest BCUT2D eigenvalue weighted by Gasteiger charge is -2.24. The van der Waals surface area contributed by atoms with E-state index in [4.69, 9.17) is 4.98 Å². The highest BCUT2D eigenvalue weighted by Gasteiger charge is 2.27. The molecule has 0 radical (unpaired) electrons. The van der Waals surface area contributed by atoms with Gasteiger partial charge >= 0.3 is 0 Å². The summed E-state index contributed by atoms with van der Waals surface area (Å²) in [6, 6.07) is 13.3. The Kier molecular flexibility index (Phi) is 5.03. The predicted molar refractivity (Wildman–Crippen MR) is 104 cm³/mol. The monoisotopic (exact) mass is 364 g/mol. The fourth-order valence-corrected chi connectivity index (χ4v) is 3.87.